The van der Waals surface area contributed by atoms with Gasteiger partial charge in [-0.25, -0.2) is 4.79 Å². The lowest BCUT2D eigenvalue weighted by Gasteiger charge is -2.27. The van der Waals surface area contributed by atoms with E-state index < -0.39 is 5.60 Å². The molecular formula is C14H22N2O3. The first kappa shape index (κ1) is 15.3. The topological polar surface area (TPSA) is 70.6 Å². The number of hydrogen-bond donors (Lipinski definition) is 3. The Hall–Kier alpha value is -1.75. The molecule has 2 amide bonds. The molecule has 19 heavy (non-hydrogen) atoms. The summed E-state index contributed by atoms with van der Waals surface area (Å²) in [4.78, 5) is 11.7. The van der Waals surface area contributed by atoms with Gasteiger partial charge in [0, 0.05) is 12.2 Å². The van der Waals surface area contributed by atoms with Crippen molar-refractivity contribution in [2.45, 2.75) is 26.4 Å². The number of anilines is 1. The minimum Gasteiger partial charge on any atom is -0.497 e. The average Bonchev–Trinajstić information content (AvgIpc) is 2.37. The molecule has 0 aliphatic heterocycles. The molecule has 0 heterocycles. The molecule has 0 spiro atoms. The fourth-order valence-corrected chi connectivity index (χ4v) is 1.31. The number of benzene rings is 1. The van der Waals surface area contributed by atoms with Crippen molar-refractivity contribution in [3.63, 3.8) is 0 Å². The summed E-state index contributed by atoms with van der Waals surface area (Å²) in [7, 11) is 1.59. The van der Waals surface area contributed by atoms with Crippen LogP contribution in [0.5, 0.6) is 5.75 Å². The van der Waals surface area contributed by atoms with Crippen LogP contribution in [-0.2, 0) is 0 Å². The highest BCUT2D eigenvalue weighted by molar-refractivity contribution is 5.89. The summed E-state index contributed by atoms with van der Waals surface area (Å²) in [6.07, 6.45) is 0. The van der Waals surface area contributed by atoms with Gasteiger partial charge >= 0.3 is 6.03 Å². The van der Waals surface area contributed by atoms with Crippen LogP contribution in [0.4, 0.5) is 10.5 Å². The van der Waals surface area contributed by atoms with E-state index in [1.807, 2.05) is 13.8 Å². The van der Waals surface area contributed by atoms with Crippen LogP contribution in [0, 0.1) is 5.92 Å². The Morgan fingerprint density at radius 2 is 1.95 bits per heavy atom. The van der Waals surface area contributed by atoms with Gasteiger partial charge in [-0.1, -0.05) is 13.8 Å². The molecule has 0 fully saturated rings. The Bertz CT molecular complexity index is 413. The van der Waals surface area contributed by atoms with Crippen molar-refractivity contribution in [2.75, 3.05) is 19.0 Å². The monoisotopic (exact) mass is 266 g/mol. The van der Waals surface area contributed by atoms with Crippen molar-refractivity contribution in [3.8, 4) is 5.75 Å². The van der Waals surface area contributed by atoms with Crippen molar-refractivity contribution in [1.29, 1.82) is 0 Å². The maximum Gasteiger partial charge on any atom is 0.319 e. The summed E-state index contributed by atoms with van der Waals surface area (Å²) < 4.78 is 5.03. The second-order valence-corrected chi connectivity index (χ2v) is 5.05. The first-order valence-electron chi connectivity index (χ1n) is 6.26. The second-order valence-electron chi connectivity index (χ2n) is 5.05. The van der Waals surface area contributed by atoms with Crippen LogP contribution in [0.15, 0.2) is 24.3 Å². The van der Waals surface area contributed by atoms with Crippen molar-refractivity contribution >= 4 is 11.7 Å². The minimum atomic E-state index is -0.919. The molecule has 0 bridgehead atoms. The lowest BCUT2D eigenvalue weighted by molar-refractivity contribution is 0.0170. The molecule has 5 nitrogen and oxygen atoms in total. The van der Waals surface area contributed by atoms with Gasteiger partial charge in [0.25, 0.3) is 0 Å². The number of methoxy groups -OCH3 is 1. The molecule has 1 aromatic rings. The van der Waals surface area contributed by atoms with Gasteiger partial charge in [0.1, 0.15) is 5.75 Å². The third-order valence-electron chi connectivity index (χ3n) is 3.20. The Balaban J connectivity index is 2.47. The van der Waals surface area contributed by atoms with Crippen LogP contribution in [0.1, 0.15) is 20.8 Å². The molecule has 0 saturated heterocycles. The van der Waals surface area contributed by atoms with Crippen LogP contribution < -0.4 is 15.4 Å². The number of ether oxygens (including phenoxy) is 1. The van der Waals surface area contributed by atoms with Crippen molar-refractivity contribution in [1.82, 2.24) is 5.32 Å². The van der Waals surface area contributed by atoms with E-state index in [2.05, 4.69) is 10.6 Å². The highest BCUT2D eigenvalue weighted by Gasteiger charge is 2.25. The summed E-state index contributed by atoms with van der Waals surface area (Å²) in [5.41, 5.74) is -0.250. The highest BCUT2D eigenvalue weighted by Crippen LogP contribution is 2.16. The van der Waals surface area contributed by atoms with Crippen LogP contribution in [-0.4, -0.2) is 30.4 Å². The smallest absolute Gasteiger partial charge is 0.319 e. The predicted octanol–water partition coefficient (Wildman–Crippen LogP) is 2.22. The SMILES string of the molecule is COc1ccc(NC(=O)NC[C@](C)(O)C(C)C)cc1. The lowest BCUT2D eigenvalue weighted by Crippen LogP contribution is -2.45. The van der Waals surface area contributed by atoms with E-state index in [0.29, 0.717) is 5.69 Å². The molecule has 1 aromatic carbocycles. The zero-order valence-corrected chi connectivity index (χ0v) is 11.9. The number of amides is 2. The van der Waals surface area contributed by atoms with E-state index >= 15 is 0 Å². The van der Waals surface area contributed by atoms with Crippen molar-refractivity contribution in [3.05, 3.63) is 24.3 Å². The summed E-state index contributed by atoms with van der Waals surface area (Å²) in [5.74, 6) is 0.794. The van der Waals surface area contributed by atoms with Crippen LogP contribution in [0.2, 0.25) is 0 Å². The molecule has 0 unspecified atom stereocenters. The van der Waals surface area contributed by atoms with Gasteiger partial charge in [0.15, 0.2) is 0 Å². The number of carbonyl (C=O) groups is 1. The molecular weight excluding hydrogens is 244 g/mol. The summed E-state index contributed by atoms with van der Waals surface area (Å²) >= 11 is 0. The number of rotatable bonds is 5. The molecule has 0 saturated carbocycles. The Kier molecular flexibility index (Phi) is 5.18. The van der Waals surface area contributed by atoms with Gasteiger partial charge in [-0.3, -0.25) is 0 Å². The Labute approximate surface area is 114 Å². The third-order valence-corrected chi connectivity index (χ3v) is 3.20. The molecule has 0 aliphatic carbocycles. The van der Waals surface area contributed by atoms with Gasteiger partial charge in [0.05, 0.1) is 12.7 Å². The first-order chi connectivity index (χ1) is 8.85. The molecule has 1 atom stereocenters. The number of urea groups is 1. The van der Waals surface area contributed by atoms with Crippen LogP contribution >= 0.6 is 0 Å². The molecule has 1 rings (SSSR count). The van der Waals surface area contributed by atoms with Gasteiger partial charge in [0.2, 0.25) is 0 Å². The summed E-state index contributed by atoms with van der Waals surface area (Å²) in [6, 6.07) is 6.68. The van der Waals surface area contributed by atoms with E-state index in [9.17, 15) is 9.90 Å². The summed E-state index contributed by atoms with van der Waals surface area (Å²) in [5, 5.41) is 15.4. The normalized spacial score (nSPS) is 13.8. The maximum atomic E-state index is 11.7. The van der Waals surface area contributed by atoms with Gasteiger partial charge in [-0.05, 0) is 37.1 Å². The fraction of sp³-hybridized carbons (Fsp3) is 0.500. The number of aliphatic hydroxyl groups is 1. The highest BCUT2D eigenvalue weighted by atomic mass is 16.5. The standard InChI is InChI=1S/C14H22N2O3/c1-10(2)14(3,18)9-15-13(17)16-11-5-7-12(19-4)8-6-11/h5-8,10,18H,9H2,1-4H3,(H2,15,16,17)/t14-/m0/s1. The fourth-order valence-electron chi connectivity index (χ4n) is 1.31. The predicted molar refractivity (Wildman–Crippen MR) is 75.5 cm³/mol. The summed E-state index contributed by atoms with van der Waals surface area (Å²) in [6.45, 7) is 5.71. The quantitative estimate of drug-likeness (QED) is 0.765. The van der Waals surface area contributed by atoms with E-state index in [-0.39, 0.29) is 18.5 Å². The zero-order chi connectivity index (χ0) is 14.5. The number of hydrogen-bond acceptors (Lipinski definition) is 3. The average molecular weight is 266 g/mol. The minimum absolute atomic E-state index is 0.0637. The molecule has 0 radical (unpaired) electrons. The molecule has 106 valence electrons. The van der Waals surface area contributed by atoms with Gasteiger partial charge < -0.3 is 20.5 Å². The largest absolute Gasteiger partial charge is 0.497 e. The first-order valence-corrected chi connectivity index (χ1v) is 6.26. The maximum absolute atomic E-state index is 11.7. The zero-order valence-electron chi connectivity index (χ0n) is 11.9. The van der Waals surface area contributed by atoms with Crippen LogP contribution in [0.25, 0.3) is 0 Å². The van der Waals surface area contributed by atoms with E-state index in [1.165, 1.54) is 0 Å². The van der Waals surface area contributed by atoms with E-state index in [4.69, 9.17) is 4.74 Å². The molecule has 0 aromatic heterocycles. The van der Waals surface area contributed by atoms with Crippen molar-refractivity contribution in [2.24, 2.45) is 5.92 Å². The molecule has 0 aliphatic rings. The van der Waals surface area contributed by atoms with Gasteiger partial charge in [-0.2, -0.15) is 0 Å². The molecule has 3 N–H and O–H groups in total. The van der Waals surface area contributed by atoms with E-state index in [0.717, 1.165) is 5.75 Å². The number of nitrogens with one attached hydrogen (secondary N) is 2. The third kappa shape index (κ3) is 4.79. The van der Waals surface area contributed by atoms with Crippen LogP contribution in [0.3, 0.4) is 0 Å². The Morgan fingerprint density at radius 3 is 2.42 bits per heavy atom. The van der Waals surface area contributed by atoms with Crippen molar-refractivity contribution < 1.29 is 14.6 Å². The van der Waals surface area contributed by atoms with Gasteiger partial charge in [-0.15, -0.1) is 0 Å². The lowest BCUT2D eigenvalue weighted by atomic mass is 9.93. The molecule has 5 heteroatoms. The number of carbonyl (C=O) groups excluding carboxylic acids is 1. The Morgan fingerprint density at radius 1 is 1.37 bits per heavy atom. The van der Waals surface area contributed by atoms with E-state index in [1.54, 1.807) is 38.3 Å². The second kappa shape index (κ2) is 6.43.